The number of halogens is 5. The molecule has 2 aliphatic heterocycles. The zero-order chi connectivity index (χ0) is 26.3. The van der Waals surface area contributed by atoms with Crippen LogP contribution in [-0.2, 0) is 6.42 Å². The molecule has 200 valence electrons. The normalized spacial score (nSPS) is 22.2. The van der Waals surface area contributed by atoms with E-state index in [4.69, 9.17) is 0 Å². The maximum Gasteiger partial charge on any atom is 0.283 e. The molecule has 1 saturated heterocycles. The average molecular weight is 522 g/mol. The highest BCUT2D eigenvalue weighted by atomic mass is 19.3. The molecule has 0 aliphatic carbocycles. The topological polar surface area (TPSA) is 42.5 Å². The third-order valence-corrected chi connectivity index (χ3v) is 7.81. The first-order valence-electron chi connectivity index (χ1n) is 12.8. The molecule has 5 rings (SSSR count). The van der Waals surface area contributed by atoms with E-state index in [2.05, 4.69) is 4.98 Å². The maximum atomic E-state index is 15.7. The zero-order valence-corrected chi connectivity index (χ0v) is 20.7. The smallest absolute Gasteiger partial charge is 0.283 e. The van der Waals surface area contributed by atoms with Crippen molar-refractivity contribution in [1.82, 2.24) is 14.8 Å². The van der Waals surface area contributed by atoms with Crippen molar-refractivity contribution in [3.8, 4) is 0 Å². The molecule has 2 N–H and O–H groups in total. The largest absolute Gasteiger partial charge is 0.390 e. The molecule has 0 spiro atoms. The number of nitrogens with zero attached hydrogens (tertiary/aromatic N) is 2. The molecule has 0 bridgehead atoms. The summed E-state index contributed by atoms with van der Waals surface area (Å²) in [5.74, 6) is -4.32. The summed E-state index contributed by atoms with van der Waals surface area (Å²) < 4.78 is 72.1. The van der Waals surface area contributed by atoms with Crippen LogP contribution in [0, 0.1) is 11.7 Å². The van der Waals surface area contributed by atoms with Gasteiger partial charge in [-0.25, -0.2) is 17.6 Å². The molecular weight excluding hydrogens is 489 g/mol. The predicted molar refractivity (Wildman–Crippen MR) is 133 cm³/mol. The monoisotopic (exact) mass is 521 g/mol. The van der Waals surface area contributed by atoms with Crippen molar-refractivity contribution >= 4 is 10.9 Å². The quantitative estimate of drug-likeness (QED) is 0.362. The van der Waals surface area contributed by atoms with E-state index in [-0.39, 0.29) is 23.1 Å². The summed E-state index contributed by atoms with van der Waals surface area (Å²) in [5, 5.41) is 10.2. The van der Waals surface area contributed by atoms with Crippen LogP contribution in [0.15, 0.2) is 42.5 Å². The molecule has 1 fully saturated rings. The Bertz CT molecular complexity index is 1240. The van der Waals surface area contributed by atoms with Gasteiger partial charge in [0.25, 0.3) is 5.92 Å². The number of benzene rings is 2. The van der Waals surface area contributed by atoms with E-state index in [0.29, 0.717) is 38.2 Å². The van der Waals surface area contributed by atoms with Crippen molar-refractivity contribution in [2.24, 2.45) is 5.92 Å². The van der Waals surface area contributed by atoms with Crippen LogP contribution >= 0.6 is 0 Å². The summed E-state index contributed by atoms with van der Waals surface area (Å²) in [6.07, 6.45) is -0.465. The van der Waals surface area contributed by atoms with Gasteiger partial charge in [0.05, 0.1) is 19.3 Å². The molecule has 3 heterocycles. The van der Waals surface area contributed by atoms with Crippen LogP contribution in [0.2, 0.25) is 0 Å². The van der Waals surface area contributed by atoms with Gasteiger partial charge in [-0.2, -0.15) is 0 Å². The first-order chi connectivity index (χ1) is 17.7. The number of para-hydroxylation sites is 1. The van der Waals surface area contributed by atoms with E-state index in [0.717, 1.165) is 16.5 Å². The zero-order valence-electron chi connectivity index (χ0n) is 20.7. The highest BCUT2D eigenvalue weighted by Gasteiger charge is 2.43. The van der Waals surface area contributed by atoms with Gasteiger partial charge in [-0.3, -0.25) is 9.29 Å². The number of H-pyrrole nitrogens is 1. The lowest BCUT2D eigenvalue weighted by molar-refractivity contribution is -0.0866. The fourth-order valence-electron chi connectivity index (χ4n) is 5.88. The van der Waals surface area contributed by atoms with E-state index in [1.807, 2.05) is 36.1 Å². The Labute approximate surface area is 213 Å². The molecule has 1 unspecified atom stereocenters. The van der Waals surface area contributed by atoms with E-state index in [9.17, 15) is 18.3 Å². The number of aromatic nitrogens is 1. The van der Waals surface area contributed by atoms with Gasteiger partial charge in [-0.05, 0) is 43.0 Å². The van der Waals surface area contributed by atoms with Crippen LogP contribution in [-0.4, -0.2) is 71.3 Å². The lowest BCUT2D eigenvalue weighted by Crippen LogP contribution is -2.49. The van der Waals surface area contributed by atoms with E-state index < -0.39 is 43.8 Å². The molecule has 3 aromatic rings. The highest BCUT2D eigenvalue weighted by molar-refractivity contribution is 5.85. The molecule has 9 heteroatoms. The molecule has 2 aromatic carbocycles. The number of aliphatic hydroxyl groups is 1. The summed E-state index contributed by atoms with van der Waals surface area (Å²) in [6, 6.07) is 10.6. The van der Waals surface area contributed by atoms with Crippen LogP contribution in [0.3, 0.4) is 0 Å². The Hall–Kier alpha value is -2.49. The number of hydrogen-bond donors (Lipinski definition) is 2. The predicted octanol–water partition coefficient (Wildman–Crippen LogP) is 5.57. The minimum Gasteiger partial charge on any atom is -0.390 e. The fraction of sp³-hybridized carbons (Fsp3) is 0.500. The summed E-state index contributed by atoms with van der Waals surface area (Å²) in [7, 11) is 0. The van der Waals surface area contributed by atoms with Crippen LogP contribution in [0.5, 0.6) is 0 Å². The molecule has 3 atom stereocenters. The fourth-order valence-corrected chi connectivity index (χ4v) is 5.88. The molecule has 1 aromatic heterocycles. The first kappa shape index (κ1) is 26.1. The molecule has 0 saturated carbocycles. The lowest BCUT2D eigenvalue weighted by Gasteiger charge is -2.42. The maximum absolute atomic E-state index is 15.7. The molecule has 2 aliphatic rings. The Morgan fingerprint density at radius 3 is 2.62 bits per heavy atom. The summed E-state index contributed by atoms with van der Waals surface area (Å²) in [6.45, 7) is 0.922. The summed E-state index contributed by atoms with van der Waals surface area (Å²) in [4.78, 5) is 6.81. The average Bonchev–Trinajstić information content (AvgIpc) is 3.21. The van der Waals surface area contributed by atoms with E-state index >= 15 is 8.78 Å². The molecule has 0 amide bonds. The molecular formula is C28H32F5N3O. The standard InChI is InChI=1S/C28H32F5N3O/c1-17-11-22-20-5-2-3-6-24(20)34-26(22)27(36(17)15-28(32,33)16-37)21-8-7-18(12-23(21)30)25(31)19-13-35(14-19)10-4-9-29/h2-3,5-8,12,17,19,25,27,34,37H,4,9-11,13-16H2,1H3/t17-,25+,27?/m1/s1. The molecule has 4 nitrogen and oxygen atoms in total. The second-order valence-electron chi connectivity index (χ2n) is 10.4. The van der Waals surface area contributed by atoms with Gasteiger partial charge in [0, 0.05) is 53.8 Å². The van der Waals surface area contributed by atoms with Gasteiger partial charge in [-0.1, -0.05) is 30.3 Å². The van der Waals surface area contributed by atoms with Crippen molar-refractivity contribution in [2.75, 3.05) is 39.5 Å². The van der Waals surface area contributed by atoms with Crippen LogP contribution in [0.1, 0.15) is 47.9 Å². The number of nitrogens with one attached hydrogen (secondary N) is 1. The number of rotatable bonds is 9. The minimum absolute atomic E-state index is 0.183. The summed E-state index contributed by atoms with van der Waals surface area (Å²) >= 11 is 0. The van der Waals surface area contributed by atoms with Crippen LogP contribution in [0.25, 0.3) is 10.9 Å². The Kier molecular flexibility index (Phi) is 7.31. The Balaban J connectivity index is 1.48. The number of alkyl halides is 4. The van der Waals surface area contributed by atoms with Crippen molar-refractivity contribution in [1.29, 1.82) is 0 Å². The second kappa shape index (κ2) is 10.3. The first-order valence-corrected chi connectivity index (χ1v) is 12.8. The van der Waals surface area contributed by atoms with Crippen molar-refractivity contribution in [2.45, 2.75) is 43.9 Å². The van der Waals surface area contributed by atoms with Gasteiger partial charge in [0.2, 0.25) is 0 Å². The van der Waals surface area contributed by atoms with Crippen molar-refractivity contribution in [3.05, 3.63) is 70.7 Å². The lowest BCUT2D eigenvalue weighted by atomic mass is 9.86. The van der Waals surface area contributed by atoms with Gasteiger partial charge < -0.3 is 15.0 Å². The van der Waals surface area contributed by atoms with Gasteiger partial charge in [-0.15, -0.1) is 0 Å². The van der Waals surface area contributed by atoms with E-state index in [1.54, 1.807) is 0 Å². The number of aliphatic hydroxyl groups excluding tert-OH is 1. The van der Waals surface area contributed by atoms with Crippen LogP contribution in [0.4, 0.5) is 22.0 Å². The van der Waals surface area contributed by atoms with Crippen molar-refractivity contribution < 1.29 is 27.1 Å². The number of likely N-dealkylation sites (tertiary alicyclic amines) is 1. The van der Waals surface area contributed by atoms with E-state index in [1.165, 1.54) is 23.1 Å². The van der Waals surface area contributed by atoms with Crippen molar-refractivity contribution in [3.63, 3.8) is 0 Å². The van der Waals surface area contributed by atoms with Gasteiger partial charge in [0.15, 0.2) is 0 Å². The highest BCUT2D eigenvalue weighted by Crippen LogP contribution is 2.43. The second-order valence-corrected chi connectivity index (χ2v) is 10.4. The van der Waals surface area contributed by atoms with Gasteiger partial charge in [0.1, 0.15) is 18.6 Å². The Morgan fingerprint density at radius 1 is 1.16 bits per heavy atom. The molecule has 37 heavy (non-hydrogen) atoms. The Morgan fingerprint density at radius 2 is 1.92 bits per heavy atom. The number of aromatic amines is 1. The third kappa shape index (κ3) is 5.01. The molecule has 0 radical (unpaired) electrons. The third-order valence-electron chi connectivity index (χ3n) is 7.81. The SMILES string of the molecule is C[C@@H]1Cc2c([nH]c3ccccc23)C(c2ccc([C@H](F)C3CN(CCCF)C3)cc2F)N1CC(F)(F)CO. The number of hydrogen-bond acceptors (Lipinski definition) is 3. The minimum atomic E-state index is -3.37. The summed E-state index contributed by atoms with van der Waals surface area (Å²) in [5.41, 5.74) is 2.82. The van der Waals surface area contributed by atoms with Gasteiger partial charge >= 0.3 is 0 Å². The number of fused-ring (bicyclic) bond motifs is 3. The van der Waals surface area contributed by atoms with Crippen LogP contribution < -0.4 is 0 Å².